The molecule has 110 valence electrons. The average molecular weight is 279 g/mol. The van der Waals surface area contributed by atoms with Crippen molar-refractivity contribution in [2.75, 3.05) is 0 Å². The molecule has 0 N–H and O–H groups in total. The van der Waals surface area contributed by atoms with E-state index in [-0.39, 0.29) is 5.41 Å². The van der Waals surface area contributed by atoms with Crippen LogP contribution in [0.15, 0.2) is 30.5 Å². The van der Waals surface area contributed by atoms with Gasteiger partial charge in [-0.25, -0.2) is 0 Å². The van der Waals surface area contributed by atoms with Gasteiger partial charge in [0.1, 0.15) is 0 Å². The SMILES string of the molecule is CCCCC#CC(C)(c1cn(C)c2ccccc12)C1CC1. The summed E-state index contributed by atoms with van der Waals surface area (Å²) >= 11 is 0. The number of unbranched alkanes of at least 4 members (excludes halogenated alkanes) is 2. The fourth-order valence-electron chi connectivity index (χ4n) is 3.32. The maximum atomic E-state index is 3.65. The first-order valence-electron chi connectivity index (χ1n) is 8.21. The monoisotopic (exact) mass is 279 g/mol. The molecule has 0 spiro atoms. The molecule has 1 fully saturated rings. The number of aryl methyl sites for hydroxylation is 1. The number of rotatable bonds is 4. The summed E-state index contributed by atoms with van der Waals surface area (Å²) in [5.41, 5.74) is 2.76. The summed E-state index contributed by atoms with van der Waals surface area (Å²) in [5, 5.41) is 1.37. The van der Waals surface area contributed by atoms with E-state index in [1.165, 1.54) is 42.1 Å². The molecule has 1 aliphatic rings. The number of fused-ring (bicyclic) bond motifs is 1. The first kappa shape index (κ1) is 14.3. The summed E-state index contributed by atoms with van der Waals surface area (Å²) in [6.07, 6.45) is 8.41. The number of benzene rings is 1. The van der Waals surface area contributed by atoms with Gasteiger partial charge in [-0.05, 0) is 43.7 Å². The van der Waals surface area contributed by atoms with Crippen LogP contribution >= 0.6 is 0 Å². The molecule has 1 aromatic carbocycles. The number of nitrogens with zero attached hydrogens (tertiary/aromatic N) is 1. The van der Waals surface area contributed by atoms with Crippen LogP contribution in [0.1, 0.15) is 51.5 Å². The minimum absolute atomic E-state index is 0.0224. The first-order valence-corrected chi connectivity index (χ1v) is 8.21. The largest absolute Gasteiger partial charge is 0.350 e. The number of hydrogen-bond donors (Lipinski definition) is 0. The maximum Gasteiger partial charge on any atom is 0.0583 e. The van der Waals surface area contributed by atoms with Crippen LogP contribution in [0.2, 0.25) is 0 Å². The van der Waals surface area contributed by atoms with Gasteiger partial charge in [0.2, 0.25) is 0 Å². The van der Waals surface area contributed by atoms with Gasteiger partial charge >= 0.3 is 0 Å². The van der Waals surface area contributed by atoms with Gasteiger partial charge in [0.25, 0.3) is 0 Å². The molecule has 0 saturated heterocycles. The van der Waals surface area contributed by atoms with Crippen LogP contribution in [0.4, 0.5) is 0 Å². The maximum absolute atomic E-state index is 3.65. The lowest BCUT2D eigenvalue weighted by Gasteiger charge is -2.23. The highest BCUT2D eigenvalue weighted by Crippen LogP contribution is 2.49. The molecule has 1 saturated carbocycles. The summed E-state index contributed by atoms with van der Waals surface area (Å²) in [7, 11) is 2.14. The molecule has 0 bridgehead atoms. The summed E-state index contributed by atoms with van der Waals surface area (Å²) < 4.78 is 2.25. The lowest BCUT2D eigenvalue weighted by Crippen LogP contribution is -2.22. The Labute approximate surface area is 128 Å². The van der Waals surface area contributed by atoms with E-state index in [9.17, 15) is 0 Å². The van der Waals surface area contributed by atoms with Gasteiger partial charge in [0, 0.05) is 30.6 Å². The number of aromatic nitrogens is 1. The molecule has 0 amide bonds. The predicted molar refractivity (Wildman–Crippen MR) is 90.3 cm³/mol. The Morgan fingerprint density at radius 1 is 1.29 bits per heavy atom. The average Bonchev–Trinajstić information content (AvgIpc) is 3.29. The fraction of sp³-hybridized carbons (Fsp3) is 0.500. The molecule has 1 aromatic heterocycles. The van der Waals surface area contributed by atoms with Crippen LogP contribution in [-0.4, -0.2) is 4.57 Å². The van der Waals surface area contributed by atoms with E-state index in [1.54, 1.807) is 0 Å². The topological polar surface area (TPSA) is 4.93 Å². The van der Waals surface area contributed by atoms with Crippen molar-refractivity contribution in [2.45, 2.75) is 51.4 Å². The Bertz CT molecular complexity index is 693. The summed E-state index contributed by atoms with van der Waals surface area (Å²) in [5.74, 6) is 7.85. The predicted octanol–water partition coefficient (Wildman–Crippen LogP) is 5.04. The summed E-state index contributed by atoms with van der Waals surface area (Å²) in [6.45, 7) is 4.58. The molecule has 21 heavy (non-hydrogen) atoms. The van der Waals surface area contributed by atoms with Crippen molar-refractivity contribution in [3.05, 3.63) is 36.0 Å². The van der Waals surface area contributed by atoms with Crippen molar-refractivity contribution in [1.82, 2.24) is 4.57 Å². The molecular weight excluding hydrogens is 254 g/mol. The van der Waals surface area contributed by atoms with Gasteiger partial charge in [-0.15, -0.1) is 5.92 Å². The third kappa shape index (κ3) is 2.60. The quantitative estimate of drug-likeness (QED) is 0.546. The second-order valence-electron chi connectivity index (χ2n) is 6.55. The smallest absolute Gasteiger partial charge is 0.0583 e. The van der Waals surface area contributed by atoms with Crippen molar-refractivity contribution in [3.8, 4) is 11.8 Å². The zero-order valence-corrected chi connectivity index (χ0v) is 13.4. The van der Waals surface area contributed by atoms with Crippen LogP contribution in [0.5, 0.6) is 0 Å². The van der Waals surface area contributed by atoms with Crippen molar-refractivity contribution >= 4 is 10.9 Å². The zero-order valence-electron chi connectivity index (χ0n) is 13.4. The minimum atomic E-state index is 0.0224. The van der Waals surface area contributed by atoms with Gasteiger partial charge in [-0.3, -0.25) is 0 Å². The van der Waals surface area contributed by atoms with E-state index < -0.39 is 0 Å². The molecule has 1 nitrogen and oxygen atoms in total. The Hall–Kier alpha value is -1.68. The highest BCUT2D eigenvalue weighted by molar-refractivity contribution is 5.85. The minimum Gasteiger partial charge on any atom is -0.350 e. The highest BCUT2D eigenvalue weighted by atomic mass is 14.9. The van der Waals surface area contributed by atoms with Crippen molar-refractivity contribution in [2.24, 2.45) is 13.0 Å². The second kappa shape index (κ2) is 5.60. The van der Waals surface area contributed by atoms with E-state index in [0.29, 0.717) is 0 Å². The third-order valence-electron chi connectivity index (χ3n) is 4.85. The second-order valence-corrected chi connectivity index (χ2v) is 6.55. The van der Waals surface area contributed by atoms with Crippen LogP contribution < -0.4 is 0 Å². The van der Waals surface area contributed by atoms with E-state index in [4.69, 9.17) is 0 Å². The Balaban J connectivity index is 2.05. The Kier molecular flexibility index (Phi) is 3.81. The van der Waals surface area contributed by atoms with E-state index in [0.717, 1.165) is 12.3 Å². The highest BCUT2D eigenvalue weighted by Gasteiger charge is 2.43. The van der Waals surface area contributed by atoms with Crippen molar-refractivity contribution in [3.63, 3.8) is 0 Å². The summed E-state index contributed by atoms with van der Waals surface area (Å²) in [6, 6.07) is 8.72. The van der Waals surface area contributed by atoms with E-state index >= 15 is 0 Å². The van der Waals surface area contributed by atoms with Crippen LogP contribution in [0.25, 0.3) is 10.9 Å². The fourth-order valence-corrected chi connectivity index (χ4v) is 3.32. The van der Waals surface area contributed by atoms with Gasteiger partial charge in [-0.1, -0.05) is 37.5 Å². The molecule has 0 aliphatic heterocycles. The molecular formula is C20H25N. The molecule has 0 radical (unpaired) electrons. The zero-order chi connectivity index (χ0) is 14.9. The third-order valence-corrected chi connectivity index (χ3v) is 4.85. The lowest BCUT2D eigenvalue weighted by atomic mass is 9.78. The van der Waals surface area contributed by atoms with Crippen LogP contribution in [-0.2, 0) is 12.5 Å². The van der Waals surface area contributed by atoms with E-state index in [2.05, 4.69) is 67.8 Å². The van der Waals surface area contributed by atoms with Gasteiger partial charge in [-0.2, -0.15) is 0 Å². The first-order chi connectivity index (χ1) is 10.2. The normalized spacial score (nSPS) is 17.3. The molecule has 1 unspecified atom stereocenters. The van der Waals surface area contributed by atoms with Crippen LogP contribution in [0, 0.1) is 17.8 Å². The van der Waals surface area contributed by atoms with Gasteiger partial charge in [0.05, 0.1) is 5.41 Å². The lowest BCUT2D eigenvalue weighted by molar-refractivity contribution is 0.538. The van der Waals surface area contributed by atoms with Gasteiger partial charge in [0.15, 0.2) is 0 Å². The van der Waals surface area contributed by atoms with Gasteiger partial charge < -0.3 is 4.57 Å². The van der Waals surface area contributed by atoms with Crippen molar-refractivity contribution in [1.29, 1.82) is 0 Å². The molecule has 1 heterocycles. The molecule has 1 heteroatoms. The molecule has 1 aliphatic carbocycles. The standard InChI is InChI=1S/C20H25N/c1-4-5-6-9-14-20(2,16-12-13-16)18-15-21(3)19-11-8-7-10-17(18)19/h7-8,10-11,15-16H,4-6,12-13H2,1-3H3. The van der Waals surface area contributed by atoms with E-state index in [1.807, 2.05) is 0 Å². The Morgan fingerprint density at radius 2 is 2.05 bits per heavy atom. The number of hydrogen-bond acceptors (Lipinski definition) is 0. The Morgan fingerprint density at radius 3 is 2.76 bits per heavy atom. The van der Waals surface area contributed by atoms with Crippen molar-refractivity contribution < 1.29 is 0 Å². The molecule has 3 rings (SSSR count). The van der Waals surface area contributed by atoms with Crippen LogP contribution in [0.3, 0.4) is 0 Å². The number of para-hydroxylation sites is 1. The molecule has 1 atom stereocenters. The molecule has 2 aromatic rings. The summed E-state index contributed by atoms with van der Waals surface area (Å²) in [4.78, 5) is 0.